The van der Waals surface area contributed by atoms with Gasteiger partial charge < -0.3 is 10.6 Å². The van der Waals surface area contributed by atoms with Gasteiger partial charge in [-0.25, -0.2) is 4.79 Å². The van der Waals surface area contributed by atoms with Gasteiger partial charge in [-0.15, -0.1) is 0 Å². The van der Waals surface area contributed by atoms with Gasteiger partial charge in [0, 0.05) is 24.6 Å². The van der Waals surface area contributed by atoms with Crippen molar-refractivity contribution in [3.8, 4) is 11.1 Å². The highest BCUT2D eigenvalue weighted by Gasteiger charge is 2.55. The molecule has 118 valence electrons. The number of urea groups is 1. The molecule has 0 saturated heterocycles. The van der Waals surface area contributed by atoms with Gasteiger partial charge in [0.25, 0.3) is 0 Å². The number of nitrogens with one attached hydrogen (secondary N) is 2. The average Bonchev–Trinajstić information content (AvgIpc) is 3.05. The fourth-order valence-electron chi connectivity index (χ4n) is 3.79. The molecule has 0 aliphatic heterocycles. The molecule has 2 unspecified atom stereocenters. The van der Waals surface area contributed by atoms with Crippen LogP contribution in [-0.4, -0.2) is 17.6 Å². The van der Waals surface area contributed by atoms with Crippen molar-refractivity contribution in [1.82, 2.24) is 10.3 Å². The Morgan fingerprint density at radius 3 is 2.57 bits per heavy atom. The fraction of sp³-hybridized carbons (Fsp3) is 0.368. The van der Waals surface area contributed by atoms with Crippen LogP contribution in [0.4, 0.5) is 10.5 Å². The molecule has 2 N–H and O–H groups in total. The second kappa shape index (κ2) is 5.69. The average molecular weight is 307 g/mol. The molecule has 1 heterocycles. The molecule has 2 amide bonds. The van der Waals surface area contributed by atoms with Crippen molar-refractivity contribution >= 4 is 11.7 Å². The highest BCUT2D eigenvalue weighted by Crippen LogP contribution is 2.60. The van der Waals surface area contributed by atoms with Crippen LogP contribution in [0, 0.1) is 24.7 Å². The molecule has 1 aromatic heterocycles. The summed E-state index contributed by atoms with van der Waals surface area (Å²) in [6, 6.07) is 9.88. The number of pyridine rings is 1. The first kappa shape index (κ1) is 14.2. The van der Waals surface area contributed by atoms with Gasteiger partial charge in [-0.05, 0) is 78.5 Å². The van der Waals surface area contributed by atoms with E-state index in [-0.39, 0.29) is 6.03 Å². The summed E-state index contributed by atoms with van der Waals surface area (Å²) in [6.45, 7) is 2.87. The first-order valence-electron chi connectivity index (χ1n) is 8.28. The predicted molar refractivity (Wildman–Crippen MR) is 91.1 cm³/mol. The molecule has 2 aliphatic carbocycles. The molecule has 2 atom stereocenters. The number of carbonyl (C=O) groups excluding carboxylic acids is 1. The minimum atomic E-state index is -0.104. The molecule has 2 fully saturated rings. The molecule has 2 aromatic rings. The minimum Gasteiger partial charge on any atom is -0.338 e. The first-order valence-corrected chi connectivity index (χ1v) is 8.28. The molecule has 2 aliphatic rings. The van der Waals surface area contributed by atoms with Gasteiger partial charge in [-0.3, -0.25) is 4.98 Å². The van der Waals surface area contributed by atoms with Crippen LogP contribution >= 0.6 is 0 Å². The van der Waals surface area contributed by atoms with E-state index in [0.29, 0.717) is 0 Å². The third-order valence-corrected chi connectivity index (χ3v) is 5.32. The summed E-state index contributed by atoms with van der Waals surface area (Å²) in [5.74, 6) is 2.53. The van der Waals surface area contributed by atoms with E-state index in [9.17, 15) is 4.79 Å². The van der Waals surface area contributed by atoms with Crippen molar-refractivity contribution in [2.45, 2.75) is 19.8 Å². The molecule has 23 heavy (non-hydrogen) atoms. The molecule has 0 spiro atoms. The van der Waals surface area contributed by atoms with Gasteiger partial charge in [-0.1, -0.05) is 6.07 Å². The Labute approximate surface area is 136 Å². The maximum Gasteiger partial charge on any atom is 0.319 e. The summed E-state index contributed by atoms with van der Waals surface area (Å²) in [4.78, 5) is 16.1. The lowest BCUT2D eigenvalue weighted by atomic mass is 10.0. The number of fused-ring (bicyclic) bond motifs is 1. The summed E-state index contributed by atoms with van der Waals surface area (Å²) >= 11 is 0. The summed E-state index contributed by atoms with van der Waals surface area (Å²) in [6.07, 6.45) is 6.29. The topological polar surface area (TPSA) is 54.0 Å². The number of amides is 2. The van der Waals surface area contributed by atoms with Gasteiger partial charge in [0.05, 0.1) is 0 Å². The monoisotopic (exact) mass is 307 g/mol. The number of anilines is 1. The molecule has 4 heteroatoms. The van der Waals surface area contributed by atoms with Crippen molar-refractivity contribution in [3.05, 3.63) is 48.3 Å². The maximum absolute atomic E-state index is 12.0. The maximum atomic E-state index is 12.0. The van der Waals surface area contributed by atoms with E-state index in [4.69, 9.17) is 0 Å². The molecule has 0 radical (unpaired) electrons. The lowest BCUT2D eigenvalue weighted by molar-refractivity contribution is 0.251. The first-order chi connectivity index (χ1) is 11.2. The van der Waals surface area contributed by atoms with Crippen LogP contribution in [0.25, 0.3) is 11.1 Å². The van der Waals surface area contributed by atoms with Gasteiger partial charge in [-0.2, -0.15) is 0 Å². The normalized spacial score (nSPS) is 24.3. The van der Waals surface area contributed by atoms with Crippen LogP contribution in [0.15, 0.2) is 42.7 Å². The second-order valence-electron chi connectivity index (χ2n) is 6.67. The van der Waals surface area contributed by atoms with E-state index in [2.05, 4.69) is 22.5 Å². The highest BCUT2D eigenvalue weighted by molar-refractivity contribution is 5.90. The van der Waals surface area contributed by atoms with E-state index < -0.39 is 0 Å². The smallest absolute Gasteiger partial charge is 0.319 e. The van der Waals surface area contributed by atoms with Gasteiger partial charge in [0.15, 0.2) is 0 Å². The third-order valence-electron chi connectivity index (χ3n) is 5.32. The summed E-state index contributed by atoms with van der Waals surface area (Å²) in [5.41, 5.74) is 4.26. The molecule has 2 saturated carbocycles. The largest absolute Gasteiger partial charge is 0.338 e. The second-order valence-corrected chi connectivity index (χ2v) is 6.67. The number of hydrogen-bond acceptors (Lipinski definition) is 2. The Morgan fingerprint density at radius 1 is 1.17 bits per heavy atom. The molecule has 4 nitrogen and oxygen atoms in total. The Morgan fingerprint density at radius 2 is 1.91 bits per heavy atom. The number of hydrogen-bond donors (Lipinski definition) is 2. The quantitative estimate of drug-likeness (QED) is 0.902. The predicted octanol–water partition coefficient (Wildman–Crippen LogP) is 3.83. The Balaban J connectivity index is 1.37. The van der Waals surface area contributed by atoms with Gasteiger partial charge in [0.2, 0.25) is 0 Å². The van der Waals surface area contributed by atoms with Crippen LogP contribution in [-0.2, 0) is 0 Å². The third kappa shape index (κ3) is 2.81. The lowest BCUT2D eigenvalue weighted by Crippen LogP contribution is -2.30. The van der Waals surface area contributed by atoms with Crippen molar-refractivity contribution in [1.29, 1.82) is 0 Å². The lowest BCUT2D eigenvalue weighted by Gasteiger charge is -2.11. The number of aryl methyl sites for hydroxylation is 1. The zero-order valence-corrected chi connectivity index (χ0v) is 13.3. The minimum absolute atomic E-state index is 0.104. The SMILES string of the molecule is Cc1cc(NC(=O)NCC2C3CCC32)ccc1-c1ccncc1. The molecular weight excluding hydrogens is 286 g/mol. The number of benzene rings is 1. The fourth-order valence-corrected chi connectivity index (χ4v) is 3.79. The summed E-state index contributed by atoms with van der Waals surface area (Å²) in [7, 11) is 0. The van der Waals surface area contributed by atoms with E-state index >= 15 is 0 Å². The van der Waals surface area contributed by atoms with E-state index in [1.165, 1.54) is 12.8 Å². The Kier molecular flexibility index (Phi) is 3.52. The standard InChI is InChI=1S/C19H21N3O/c1-12-10-14(2-3-15(12)13-6-8-20-9-7-13)22-19(23)21-11-18-16-4-5-17(16)18/h2-3,6-10,16-18H,4-5,11H2,1H3,(H2,21,22,23). The van der Waals surface area contributed by atoms with Crippen LogP contribution < -0.4 is 10.6 Å². The zero-order chi connectivity index (χ0) is 15.8. The number of nitrogens with zero attached hydrogens (tertiary/aromatic N) is 1. The molecular formula is C19H21N3O. The van der Waals surface area contributed by atoms with Crippen LogP contribution in [0.2, 0.25) is 0 Å². The van der Waals surface area contributed by atoms with Crippen molar-refractivity contribution in [3.63, 3.8) is 0 Å². The Bertz CT molecular complexity index is 719. The Hall–Kier alpha value is -2.36. The summed E-state index contributed by atoms with van der Waals surface area (Å²) < 4.78 is 0. The highest BCUT2D eigenvalue weighted by atomic mass is 16.2. The van der Waals surface area contributed by atoms with Gasteiger partial charge in [0.1, 0.15) is 0 Å². The van der Waals surface area contributed by atoms with E-state index in [1.807, 2.05) is 30.3 Å². The summed E-state index contributed by atoms with van der Waals surface area (Å²) in [5, 5.41) is 5.93. The number of rotatable bonds is 4. The number of aromatic nitrogens is 1. The zero-order valence-electron chi connectivity index (χ0n) is 13.3. The number of carbonyl (C=O) groups is 1. The molecule has 0 bridgehead atoms. The van der Waals surface area contributed by atoms with Crippen LogP contribution in [0.1, 0.15) is 18.4 Å². The van der Waals surface area contributed by atoms with Crippen LogP contribution in [0.3, 0.4) is 0 Å². The van der Waals surface area contributed by atoms with Gasteiger partial charge >= 0.3 is 6.03 Å². The molecule has 1 aromatic carbocycles. The van der Waals surface area contributed by atoms with Crippen LogP contribution in [0.5, 0.6) is 0 Å². The molecule has 4 rings (SSSR count). The van der Waals surface area contributed by atoms with E-state index in [0.717, 1.165) is 46.7 Å². The van der Waals surface area contributed by atoms with Crippen molar-refractivity contribution < 1.29 is 4.79 Å². The van der Waals surface area contributed by atoms with E-state index in [1.54, 1.807) is 12.4 Å². The van der Waals surface area contributed by atoms with Crippen molar-refractivity contribution in [2.75, 3.05) is 11.9 Å². The van der Waals surface area contributed by atoms with Crippen molar-refractivity contribution in [2.24, 2.45) is 17.8 Å².